The van der Waals surface area contributed by atoms with Crippen molar-refractivity contribution in [3.05, 3.63) is 40.7 Å². The standard InChI is InChI=1S/C13H12F3N3O2/c1-7-3-4-9(5-10(7)13(14,15)16)19-8(2)11(17-18-19)6-12(20)21/h3-5H,6H2,1-2H3,(H,20,21). The number of alkyl halides is 3. The summed E-state index contributed by atoms with van der Waals surface area (Å²) in [7, 11) is 0. The van der Waals surface area contributed by atoms with Gasteiger partial charge in [-0.1, -0.05) is 11.3 Å². The van der Waals surface area contributed by atoms with E-state index < -0.39 is 17.7 Å². The molecule has 1 heterocycles. The lowest BCUT2D eigenvalue weighted by Gasteiger charge is -2.12. The van der Waals surface area contributed by atoms with Crippen molar-refractivity contribution in [2.24, 2.45) is 0 Å². The third kappa shape index (κ3) is 3.04. The van der Waals surface area contributed by atoms with Crippen LogP contribution in [0.15, 0.2) is 18.2 Å². The third-order valence-corrected chi connectivity index (χ3v) is 3.08. The Morgan fingerprint density at radius 3 is 2.57 bits per heavy atom. The number of carboxylic acid groups (broad SMARTS) is 1. The minimum Gasteiger partial charge on any atom is -0.481 e. The molecule has 0 amide bonds. The van der Waals surface area contributed by atoms with Gasteiger partial charge in [-0.3, -0.25) is 4.79 Å². The van der Waals surface area contributed by atoms with Crippen molar-refractivity contribution in [1.29, 1.82) is 0 Å². The van der Waals surface area contributed by atoms with Gasteiger partial charge in [0.15, 0.2) is 0 Å². The quantitative estimate of drug-likeness (QED) is 0.945. The van der Waals surface area contributed by atoms with Crippen molar-refractivity contribution < 1.29 is 23.1 Å². The molecule has 8 heteroatoms. The summed E-state index contributed by atoms with van der Waals surface area (Å²) in [4.78, 5) is 10.7. The number of halogens is 3. The molecule has 1 N–H and O–H groups in total. The summed E-state index contributed by atoms with van der Waals surface area (Å²) in [6.07, 6.45) is -4.79. The van der Waals surface area contributed by atoms with Crippen molar-refractivity contribution in [2.75, 3.05) is 0 Å². The number of aromatic nitrogens is 3. The van der Waals surface area contributed by atoms with Crippen LogP contribution in [-0.4, -0.2) is 26.1 Å². The van der Waals surface area contributed by atoms with Gasteiger partial charge in [-0.25, -0.2) is 4.68 Å². The molecule has 21 heavy (non-hydrogen) atoms. The third-order valence-electron chi connectivity index (χ3n) is 3.08. The van der Waals surface area contributed by atoms with Gasteiger partial charge in [0.25, 0.3) is 0 Å². The van der Waals surface area contributed by atoms with E-state index in [1.54, 1.807) is 6.92 Å². The van der Waals surface area contributed by atoms with Gasteiger partial charge >= 0.3 is 12.1 Å². The van der Waals surface area contributed by atoms with E-state index in [2.05, 4.69) is 10.3 Å². The van der Waals surface area contributed by atoms with E-state index in [1.165, 1.54) is 23.7 Å². The van der Waals surface area contributed by atoms with E-state index in [4.69, 9.17) is 5.11 Å². The Kier molecular flexibility index (Phi) is 3.71. The van der Waals surface area contributed by atoms with Crippen molar-refractivity contribution in [3.63, 3.8) is 0 Å². The van der Waals surface area contributed by atoms with Crippen molar-refractivity contribution >= 4 is 5.97 Å². The van der Waals surface area contributed by atoms with E-state index in [-0.39, 0.29) is 23.4 Å². The van der Waals surface area contributed by atoms with Gasteiger partial charge in [-0.2, -0.15) is 13.2 Å². The number of benzene rings is 1. The molecule has 0 spiro atoms. The molecule has 112 valence electrons. The van der Waals surface area contributed by atoms with Crippen LogP contribution in [0.4, 0.5) is 13.2 Å². The van der Waals surface area contributed by atoms with E-state index in [0.29, 0.717) is 5.69 Å². The van der Waals surface area contributed by atoms with Crippen LogP contribution in [0.25, 0.3) is 5.69 Å². The molecule has 2 rings (SSSR count). The van der Waals surface area contributed by atoms with Gasteiger partial charge in [0.05, 0.1) is 29.1 Å². The number of carbonyl (C=O) groups is 1. The maximum Gasteiger partial charge on any atom is 0.416 e. The van der Waals surface area contributed by atoms with Gasteiger partial charge < -0.3 is 5.11 Å². The normalized spacial score (nSPS) is 11.7. The Balaban J connectivity index is 2.48. The Hall–Kier alpha value is -2.38. The first-order valence-corrected chi connectivity index (χ1v) is 6.01. The monoisotopic (exact) mass is 299 g/mol. The second-order valence-corrected chi connectivity index (χ2v) is 4.60. The molecule has 0 radical (unpaired) electrons. The summed E-state index contributed by atoms with van der Waals surface area (Å²) in [5, 5.41) is 16.2. The molecule has 0 saturated carbocycles. The number of hydrogen-bond acceptors (Lipinski definition) is 3. The summed E-state index contributed by atoms with van der Waals surface area (Å²) >= 11 is 0. The number of hydrogen-bond donors (Lipinski definition) is 1. The van der Waals surface area contributed by atoms with Crippen LogP contribution in [-0.2, 0) is 17.4 Å². The highest BCUT2D eigenvalue weighted by atomic mass is 19.4. The first kappa shape index (κ1) is 15.0. The lowest BCUT2D eigenvalue weighted by atomic mass is 10.1. The zero-order valence-corrected chi connectivity index (χ0v) is 11.3. The second-order valence-electron chi connectivity index (χ2n) is 4.60. The fourth-order valence-corrected chi connectivity index (χ4v) is 1.96. The maximum atomic E-state index is 12.9. The van der Waals surface area contributed by atoms with E-state index >= 15 is 0 Å². The maximum absolute atomic E-state index is 12.9. The molecular formula is C13H12F3N3O2. The molecule has 1 aromatic carbocycles. The van der Waals surface area contributed by atoms with Crippen LogP contribution < -0.4 is 0 Å². The average molecular weight is 299 g/mol. The molecule has 0 aliphatic heterocycles. The summed E-state index contributed by atoms with van der Waals surface area (Å²) in [6, 6.07) is 3.80. The Labute approximate surface area is 118 Å². The van der Waals surface area contributed by atoms with Crippen molar-refractivity contribution in [1.82, 2.24) is 15.0 Å². The Morgan fingerprint density at radius 1 is 1.33 bits per heavy atom. The number of carboxylic acids is 1. The van der Waals surface area contributed by atoms with Crippen LogP contribution in [0.5, 0.6) is 0 Å². The molecule has 0 unspecified atom stereocenters. The highest BCUT2D eigenvalue weighted by Gasteiger charge is 2.32. The molecule has 0 bridgehead atoms. The molecule has 2 aromatic rings. The first-order chi connectivity index (χ1) is 9.70. The minimum absolute atomic E-state index is 0.106. The zero-order chi connectivity index (χ0) is 15.8. The number of rotatable bonds is 3. The molecule has 5 nitrogen and oxygen atoms in total. The lowest BCUT2D eigenvalue weighted by molar-refractivity contribution is -0.138. The smallest absolute Gasteiger partial charge is 0.416 e. The number of nitrogens with zero attached hydrogens (tertiary/aromatic N) is 3. The van der Waals surface area contributed by atoms with E-state index in [1.807, 2.05) is 0 Å². The Bertz CT molecular complexity index is 692. The fraction of sp³-hybridized carbons (Fsp3) is 0.308. The van der Waals surface area contributed by atoms with E-state index in [0.717, 1.165) is 6.07 Å². The lowest BCUT2D eigenvalue weighted by Crippen LogP contribution is -2.10. The molecule has 1 aromatic heterocycles. The highest BCUT2D eigenvalue weighted by Crippen LogP contribution is 2.33. The molecule has 0 saturated heterocycles. The van der Waals surface area contributed by atoms with Gasteiger partial charge in [0, 0.05) is 0 Å². The number of aliphatic carboxylic acids is 1. The highest BCUT2D eigenvalue weighted by molar-refractivity contribution is 5.69. The topological polar surface area (TPSA) is 68.0 Å². The molecule has 0 atom stereocenters. The molecule has 0 aliphatic carbocycles. The largest absolute Gasteiger partial charge is 0.481 e. The predicted molar refractivity (Wildman–Crippen MR) is 67.2 cm³/mol. The molecule has 0 aliphatic rings. The SMILES string of the molecule is Cc1ccc(-n2nnc(CC(=O)O)c2C)cc1C(F)(F)F. The summed E-state index contributed by atoms with van der Waals surface area (Å²) < 4.78 is 39.9. The average Bonchev–Trinajstić information content (AvgIpc) is 2.70. The fourth-order valence-electron chi connectivity index (χ4n) is 1.96. The van der Waals surface area contributed by atoms with E-state index in [9.17, 15) is 18.0 Å². The van der Waals surface area contributed by atoms with Gasteiger partial charge in [-0.05, 0) is 31.5 Å². The van der Waals surface area contributed by atoms with Crippen molar-refractivity contribution in [3.8, 4) is 5.69 Å². The number of aryl methyl sites for hydroxylation is 1. The predicted octanol–water partition coefficient (Wildman–Crippen LogP) is 2.53. The summed E-state index contributed by atoms with van der Waals surface area (Å²) in [5.41, 5.74) is 0.157. The minimum atomic E-state index is -4.46. The summed E-state index contributed by atoms with van der Waals surface area (Å²) in [5.74, 6) is -1.08. The van der Waals surface area contributed by atoms with Gasteiger partial charge in [0.2, 0.25) is 0 Å². The van der Waals surface area contributed by atoms with Crippen molar-refractivity contribution in [2.45, 2.75) is 26.4 Å². The Morgan fingerprint density at radius 2 is 2.00 bits per heavy atom. The summed E-state index contributed by atoms with van der Waals surface area (Å²) in [6.45, 7) is 2.93. The van der Waals surface area contributed by atoms with Crippen LogP contribution in [0.1, 0.15) is 22.5 Å². The molecular weight excluding hydrogens is 287 g/mol. The van der Waals surface area contributed by atoms with Crippen LogP contribution in [0.3, 0.4) is 0 Å². The van der Waals surface area contributed by atoms with Crippen LogP contribution in [0, 0.1) is 13.8 Å². The first-order valence-electron chi connectivity index (χ1n) is 6.01. The van der Waals surface area contributed by atoms with Crippen LogP contribution >= 0.6 is 0 Å². The van der Waals surface area contributed by atoms with Gasteiger partial charge in [-0.15, -0.1) is 5.10 Å². The molecule has 0 fully saturated rings. The zero-order valence-electron chi connectivity index (χ0n) is 11.3. The van der Waals surface area contributed by atoms with Crippen LogP contribution in [0.2, 0.25) is 0 Å². The second kappa shape index (κ2) is 5.19. The van der Waals surface area contributed by atoms with Gasteiger partial charge in [0.1, 0.15) is 0 Å².